The van der Waals surface area contributed by atoms with E-state index in [9.17, 15) is 14.4 Å². The smallest absolute Gasteiger partial charge is 0.249 e. The lowest BCUT2D eigenvalue weighted by molar-refractivity contribution is -0.156. The maximum Gasteiger partial charge on any atom is 0.249 e. The molecule has 0 aliphatic carbocycles. The Hall–Kier alpha value is -2.41. The van der Waals surface area contributed by atoms with Gasteiger partial charge in [0, 0.05) is 13.1 Å². The van der Waals surface area contributed by atoms with Crippen LogP contribution in [0.25, 0.3) is 0 Å². The second kappa shape index (κ2) is 7.44. The summed E-state index contributed by atoms with van der Waals surface area (Å²) in [5.74, 6) is -0.744. The molecule has 0 aromatic heterocycles. The first-order chi connectivity index (χ1) is 11.6. The van der Waals surface area contributed by atoms with Crippen LogP contribution in [0.1, 0.15) is 18.4 Å². The zero-order chi connectivity index (χ0) is 16.9. The van der Waals surface area contributed by atoms with Crippen LogP contribution in [-0.4, -0.2) is 54.5 Å². The average Bonchev–Trinajstić information content (AvgIpc) is 2.59. The number of carbonyl (C=O) groups is 3. The number of carbonyl (C=O) groups excluding carboxylic acids is 3. The van der Waals surface area contributed by atoms with Gasteiger partial charge in [0.15, 0.2) is 0 Å². The molecule has 7 nitrogen and oxygen atoms in total. The Morgan fingerprint density at radius 1 is 1.29 bits per heavy atom. The molecule has 1 aromatic carbocycles. The molecule has 2 heterocycles. The normalized spacial score (nSPS) is 24.4. The summed E-state index contributed by atoms with van der Waals surface area (Å²) in [6, 6.07) is 8.24. The highest BCUT2D eigenvalue weighted by atomic mass is 16.5. The molecule has 0 saturated carbocycles. The van der Waals surface area contributed by atoms with Gasteiger partial charge >= 0.3 is 0 Å². The summed E-state index contributed by atoms with van der Waals surface area (Å²) in [4.78, 5) is 38.1. The van der Waals surface area contributed by atoms with Crippen molar-refractivity contribution in [2.75, 3.05) is 19.8 Å². The Morgan fingerprint density at radius 2 is 2.08 bits per heavy atom. The molecule has 2 N–H and O–H groups in total. The zero-order valence-corrected chi connectivity index (χ0v) is 13.4. The minimum atomic E-state index is -0.721. The fourth-order valence-electron chi connectivity index (χ4n) is 2.98. The summed E-state index contributed by atoms with van der Waals surface area (Å²) in [5, 5.41) is 5.48. The third-order valence-corrected chi connectivity index (χ3v) is 4.30. The summed E-state index contributed by atoms with van der Waals surface area (Å²) in [6.45, 7) is 1.09. The number of ether oxygens (including phenoxy) is 1. The van der Waals surface area contributed by atoms with Crippen molar-refractivity contribution in [3.05, 3.63) is 35.9 Å². The van der Waals surface area contributed by atoms with E-state index in [0.717, 1.165) is 12.0 Å². The van der Waals surface area contributed by atoms with Gasteiger partial charge in [-0.25, -0.2) is 0 Å². The topological polar surface area (TPSA) is 87.7 Å². The largest absolute Gasteiger partial charge is 0.369 e. The first kappa shape index (κ1) is 16.4. The third-order valence-electron chi connectivity index (χ3n) is 4.30. The quantitative estimate of drug-likeness (QED) is 0.800. The number of morpholine rings is 1. The van der Waals surface area contributed by atoms with Gasteiger partial charge in [-0.15, -0.1) is 0 Å². The molecular weight excluding hydrogens is 310 g/mol. The Balaban J connectivity index is 1.69. The fraction of sp³-hybridized carbons (Fsp3) is 0.471. The standard InChI is InChI=1S/C17H21N3O4/c21-15-11-24-10-14(20(15)9-12-5-2-1-3-6-12)17(23)19-13-7-4-8-18-16(13)22/h1-3,5-6,13-14H,4,7-11H2,(H,18,22)(H,19,23). The SMILES string of the molecule is O=C1NCCCC1NC(=O)C1COCC(=O)N1Cc1ccccc1. The van der Waals surface area contributed by atoms with Gasteiger partial charge in [0.1, 0.15) is 18.7 Å². The van der Waals surface area contributed by atoms with Crippen LogP contribution in [0, 0.1) is 0 Å². The number of piperidine rings is 1. The average molecular weight is 331 g/mol. The highest BCUT2D eigenvalue weighted by Crippen LogP contribution is 2.14. The van der Waals surface area contributed by atoms with Gasteiger partial charge in [-0.2, -0.15) is 0 Å². The van der Waals surface area contributed by atoms with Crippen LogP contribution in [0.15, 0.2) is 30.3 Å². The van der Waals surface area contributed by atoms with Crippen LogP contribution in [0.3, 0.4) is 0 Å². The molecule has 0 spiro atoms. The number of nitrogens with zero attached hydrogens (tertiary/aromatic N) is 1. The first-order valence-electron chi connectivity index (χ1n) is 8.14. The lowest BCUT2D eigenvalue weighted by atomic mass is 10.1. The Bertz CT molecular complexity index is 620. The maximum atomic E-state index is 12.6. The Kier molecular flexibility index (Phi) is 5.10. The highest BCUT2D eigenvalue weighted by Gasteiger charge is 2.36. The van der Waals surface area contributed by atoms with Crippen LogP contribution < -0.4 is 10.6 Å². The maximum absolute atomic E-state index is 12.6. The van der Waals surface area contributed by atoms with Gasteiger partial charge in [-0.05, 0) is 18.4 Å². The molecule has 3 amide bonds. The van der Waals surface area contributed by atoms with E-state index in [1.165, 1.54) is 4.90 Å². The molecule has 0 radical (unpaired) electrons. The lowest BCUT2D eigenvalue weighted by Gasteiger charge is -2.35. The number of amides is 3. The van der Waals surface area contributed by atoms with Crippen molar-refractivity contribution >= 4 is 17.7 Å². The van der Waals surface area contributed by atoms with E-state index in [4.69, 9.17) is 4.74 Å². The number of hydrogen-bond donors (Lipinski definition) is 2. The van der Waals surface area contributed by atoms with E-state index in [2.05, 4.69) is 10.6 Å². The molecule has 2 fully saturated rings. The molecule has 3 rings (SSSR count). The molecule has 128 valence electrons. The predicted octanol–water partition coefficient (Wildman–Crippen LogP) is -0.191. The van der Waals surface area contributed by atoms with Gasteiger partial charge in [-0.3, -0.25) is 14.4 Å². The summed E-state index contributed by atoms with van der Waals surface area (Å²) in [7, 11) is 0. The predicted molar refractivity (Wildman–Crippen MR) is 85.8 cm³/mol. The summed E-state index contributed by atoms with van der Waals surface area (Å²) < 4.78 is 5.25. The molecule has 2 aliphatic rings. The number of rotatable bonds is 4. The summed E-state index contributed by atoms with van der Waals surface area (Å²) in [6.07, 6.45) is 1.43. The second-order valence-electron chi connectivity index (χ2n) is 6.03. The Morgan fingerprint density at radius 3 is 2.83 bits per heavy atom. The van der Waals surface area contributed by atoms with Crippen molar-refractivity contribution in [1.82, 2.24) is 15.5 Å². The Labute approximate surface area is 140 Å². The van der Waals surface area contributed by atoms with Crippen molar-refractivity contribution in [1.29, 1.82) is 0 Å². The van der Waals surface area contributed by atoms with Gasteiger partial charge < -0.3 is 20.3 Å². The minimum absolute atomic E-state index is 0.0273. The molecule has 1 aromatic rings. The number of nitrogens with one attached hydrogen (secondary N) is 2. The van der Waals surface area contributed by atoms with Crippen LogP contribution in [0.2, 0.25) is 0 Å². The molecule has 2 unspecified atom stereocenters. The second-order valence-corrected chi connectivity index (χ2v) is 6.03. The van der Waals surface area contributed by atoms with Gasteiger partial charge in [-0.1, -0.05) is 30.3 Å². The van der Waals surface area contributed by atoms with Crippen molar-refractivity contribution < 1.29 is 19.1 Å². The molecular formula is C17H21N3O4. The highest BCUT2D eigenvalue weighted by molar-refractivity contribution is 5.93. The molecule has 2 aliphatic heterocycles. The third kappa shape index (κ3) is 3.73. The zero-order valence-electron chi connectivity index (χ0n) is 13.4. The summed E-state index contributed by atoms with van der Waals surface area (Å²) in [5.41, 5.74) is 0.945. The molecule has 2 atom stereocenters. The van der Waals surface area contributed by atoms with Crippen LogP contribution in [-0.2, 0) is 25.7 Å². The molecule has 0 bridgehead atoms. The van der Waals surface area contributed by atoms with Crippen LogP contribution in [0.5, 0.6) is 0 Å². The van der Waals surface area contributed by atoms with Gasteiger partial charge in [0.05, 0.1) is 6.61 Å². The number of hydrogen-bond acceptors (Lipinski definition) is 4. The van der Waals surface area contributed by atoms with Crippen molar-refractivity contribution in [3.63, 3.8) is 0 Å². The van der Waals surface area contributed by atoms with Crippen LogP contribution >= 0.6 is 0 Å². The van der Waals surface area contributed by atoms with E-state index >= 15 is 0 Å². The minimum Gasteiger partial charge on any atom is -0.369 e. The van der Waals surface area contributed by atoms with Crippen molar-refractivity contribution in [2.45, 2.75) is 31.5 Å². The first-order valence-corrected chi connectivity index (χ1v) is 8.14. The monoisotopic (exact) mass is 331 g/mol. The van der Waals surface area contributed by atoms with E-state index in [1.807, 2.05) is 30.3 Å². The molecule has 2 saturated heterocycles. The number of benzene rings is 1. The van der Waals surface area contributed by atoms with E-state index in [-0.39, 0.29) is 30.9 Å². The lowest BCUT2D eigenvalue weighted by Crippen LogP contribution is -2.59. The van der Waals surface area contributed by atoms with Gasteiger partial charge in [0.2, 0.25) is 17.7 Å². The molecule has 24 heavy (non-hydrogen) atoms. The van der Waals surface area contributed by atoms with Gasteiger partial charge in [0.25, 0.3) is 0 Å². The van der Waals surface area contributed by atoms with Crippen molar-refractivity contribution in [2.24, 2.45) is 0 Å². The fourth-order valence-corrected chi connectivity index (χ4v) is 2.98. The van der Waals surface area contributed by atoms with E-state index in [0.29, 0.717) is 19.5 Å². The molecule has 7 heteroatoms. The van der Waals surface area contributed by atoms with Crippen LogP contribution in [0.4, 0.5) is 0 Å². The van der Waals surface area contributed by atoms with E-state index < -0.39 is 12.1 Å². The van der Waals surface area contributed by atoms with E-state index in [1.54, 1.807) is 0 Å². The van der Waals surface area contributed by atoms with Crippen molar-refractivity contribution in [3.8, 4) is 0 Å². The summed E-state index contributed by atoms with van der Waals surface area (Å²) >= 11 is 0.